The number of nitrogens with two attached hydrogens (primary N) is 1. The number of hydrogen-bond donors (Lipinski definition) is 1. The maximum absolute atomic E-state index is 5.78. The highest BCUT2D eigenvalue weighted by Crippen LogP contribution is 2.23. The molecular formula is C14H30N2. The normalized spacial score (nSPS) is 24.4. The quantitative estimate of drug-likeness (QED) is 0.781. The van der Waals surface area contributed by atoms with Gasteiger partial charge < -0.3 is 10.6 Å². The summed E-state index contributed by atoms with van der Waals surface area (Å²) < 4.78 is 0. The molecule has 1 rings (SSSR count). The molecule has 2 N–H and O–H groups in total. The lowest BCUT2D eigenvalue weighted by atomic mass is 9.89. The van der Waals surface area contributed by atoms with Gasteiger partial charge in [-0.05, 0) is 63.2 Å². The van der Waals surface area contributed by atoms with E-state index in [1.165, 1.54) is 51.7 Å². The summed E-state index contributed by atoms with van der Waals surface area (Å²) in [4.78, 5) is 2.65. The average Bonchev–Trinajstić information content (AvgIpc) is 2.51. The molecule has 0 spiro atoms. The van der Waals surface area contributed by atoms with Crippen LogP contribution in [0.1, 0.15) is 52.9 Å². The van der Waals surface area contributed by atoms with E-state index in [2.05, 4.69) is 25.7 Å². The van der Waals surface area contributed by atoms with Gasteiger partial charge in [0.05, 0.1) is 0 Å². The van der Waals surface area contributed by atoms with Crippen molar-refractivity contribution in [2.75, 3.05) is 26.2 Å². The molecule has 1 aliphatic heterocycles. The van der Waals surface area contributed by atoms with Crippen molar-refractivity contribution in [2.24, 2.45) is 17.1 Å². The molecule has 0 saturated carbocycles. The van der Waals surface area contributed by atoms with Crippen LogP contribution >= 0.6 is 0 Å². The van der Waals surface area contributed by atoms with E-state index in [0.717, 1.165) is 12.5 Å². The van der Waals surface area contributed by atoms with E-state index in [0.29, 0.717) is 5.41 Å². The zero-order valence-corrected chi connectivity index (χ0v) is 11.5. The SMILES string of the molecule is CCC1CCCN(CCC(C)(C)CN)CC1. The molecule has 1 fully saturated rings. The molecule has 1 atom stereocenters. The maximum atomic E-state index is 5.78. The van der Waals surface area contributed by atoms with Crippen molar-refractivity contribution in [3.8, 4) is 0 Å². The van der Waals surface area contributed by atoms with Crippen LogP contribution in [0.3, 0.4) is 0 Å². The van der Waals surface area contributed by atoms with E-state index >= 15 is 0 Å². The second kappa shape index (κ2) is 6.61. The highest BCUT2D eigenvalue weighted by atomic mass is 15.1. The fraction of sp³-hybridized carbons (Fsp3) is 1.00. The van der Waals surface area contributed by atoms with Gasteiger partial charge in [0.25, 0.3) is 0 Å². The smallest absolute Gasteiger partial charge is 0.00132 e. The Kier molecular flexibility index (Phi) is 5.77. The Morgan fingerprint density at radius 2 is 2.00 bits per heavy atom. The van der Waals surface area contributed by atoms with Crippen LogP contribution in [0, 0.1) is 11.3 Å². The third-order valence-corrected chi connectivity index (χ3v) is 4.18. The lowest BCUT2D eigenvalue weighted by molar-refractivity contribution is 0.225. The van der Waals surface area contributed by atoms with E-state index in [1.807, 2.05) is 0 Å². The fourth-order valence-corrected chi connectivity index (χ4v) is 2.42. The molecule has 0 amide bonds. The molecule has 2 heteroatoms. The van der Waals surface area contributed by atoms with E-state index < -0.39 is 0 Å². The van der Waals surface area contributed by atoms with Gasteiger partial charge in [-0.1, -0.05) is 27.2 Å². The van der Waals surface area contributed by atoms with Crippen LogP contribution in [0.5, 0.6) is 0 Å². The Morgan fingerprint density at radius 3 is 2.62 bits per heavy atom. The zero-order chi connectivity index (χ0) is 12.0. The van der Waals surface area contributed by atoms with Crippen LogP contribution < -0.4 is 5.73 Å². The molecule has 1 aliphatic rings. The Bertz CT molecular complexity index is 189. The van der Waals surface area contributed by atoms with Crippen LogP contribution in [0.15, 0.2) is 0 Å². The van der Waals surface area contributed by atoms with Gasteiger partial charge in [0.2, 0.25) is 0 Å². The van der Waals surface area contributed by atoms with Crippen molar-refractivity contribution in [1.82, 2.24) is 4.90 Å². The van der Waals surface area contributed by atoms with Crippen molar-refractivity contribution >= 4 is 0 Å². The first-order valence-corrected chi connectivity index (χ1v) is 7.00. The molecule has 2 nitrogen and oxygen atoms in total. The number of likely N-dealkylation sites (tertiary alicyclic amines) is 1. The highest BCUT2D eigenvalue weighted by Gasteiger charge is 2.19. The van der Waals surface area contributed by atoms with Gasteiger partial charge in [-0.3, -0.25) is 0 Å². The lowest BCUT2D eigenvalue weighted by Crippen LogP contribution is -2.32. The maximum Gasteiger partial charge on any atom is -0.00132 e. The van der Waals surface area contributed by atoms with Gasteiger partial charge in [-0.2, -0.15) is 0 Å². The summed E-state index contributed by atoms with van der Waals surface area (Å²) in [6.07, 6.45) is 6.83. The molecule has 0 radical (unpaired) electrons. The fourth-order valence-electron chi connectivity index (χ4n) is 2.42. The minimum absolute atomic E-state index is 0.316. The van der Waals surface area contributed by atoms with Crippen molar-refractivity contribution in [2.45, 2.75) is 52.9 Å². The van der Waals surface area contributed by atoms with Crippen LogP contribution in [0.25, 0.3) is 0 Å². The minimum atomic E-state index is 0.316. The average molecular weight is 226 g/mol. The Balaban J connectivity index is 2.27. The van der Waals surface area contributed by atoms with Crippen LogP contribution in [-0.4, -0.2) is 31.1 Å². The first kappa shape index (κ1) is 14.0. The summed E-state index contributed by atoms with van der Waals surface area (Å²) >= 11 is 0. The summed E-state index contributed by atoms with van der Waals surface area (Å²) in [6, 6.07) is 0. The standard InChI is InChI=1S/C14H30N2/c1-4-13-6-5-9-16(10-7-13)11-8-14(2,3)12-15/h13H,4-12,15H2,1-3H3. The molecule has 0 aromatic rings. The van der Waals surface area contributed by atoms with Gasteiger partial charge in [0.15, 0.2) is 0 Å². The third kappa shape index (κ3) is 4.84. The number of rotatable bonds is 5. The van der Waals surface area contributed by atoms with Crippen LogP contribution in [0.2, 0.25) is 0 Å². The van der Waals surface area contributed by atoms with Gasteiger partial charge >= 0.3 is 0 Å². The molecule has 0 bridgehead atoms. The largest absolute Gasteiger partial charge is 0.330 e. The Labute approximate surface area is 102 Å². The van der Waals surface area contributed by atoms with Gasteiger partial charge in [-0.15, -0.1) is 0 Å². The lowest BCUT2D eigenvalue weighted by Gasteiger charge is -2.27. The monoisotopic (exact) mass is 226 g/mol. The van der Waals surface area contributed by atoms with Crippen molar-refractivity contribution < 1.29 is 0 Å². The first-order chi connectivity index (χ1) is 7.57. The summed E-state index contributed by atoms with van der Waals surface area (Å²) in [6.45, 7) is 11.5. The second-order valence-corrected chi connectivity index (χ2v) is 6.17. The van der Waals surface area contributed by atoms with E-state index in [9.17, 15) is 0 Å². The zero-order valence-electron chi connectivity index (χ0n) is 11.5. The van der Waals surface area contributed by atoms with Crippen molar-refractivity contribution in [3.63, 3.8) is 0 Å². The molecule has 96 valence electrons. The number of nitrogens with zero attached hydrogens (tertiary/aromatic N) is 1. The summed E-state index contributed by atoms with van der Waals surface area (Å²) in [7, 11) is 0. The van der Waals surface area contributed by atoms with Crippen molar-refractivity contribution in [1.29, 1.82) is 0 Å². The molecular weight excluding hydrogens is 196 g/mol. The highest BCUT2D eigenvalue weighted by molar-refractivity contribution is 4.74. The predicted molar refractivity (Wildman–Crippen MR) is 71.5 cm³/mol. The molecule has 1 heterocycles. The number of hydrogen-bond acceptors (Lipinski definition) is 2. The third-order valence-electron chi connectivity index (χ3n) is 4.18. The molecule has 0 aromatic carbocycles. The van der Waals surface area contributed by atoms with Crippen LogP contribution in [0.4, 0.5) is 0 Å². The summed E-state index contributed by atoms with van der Waals surface area (Å²) in [5.74, 6) is 0.979. The van der Waals surface area contributed by atoms with Gasteiger partial charge in [0.1, 0.15) is 0 Å². The molecule has 1 unspecified atom stereocenters. The minimum Gasteiger partial charge on any atom is -0.330 e. The predicted octanol–water partition coefficient (Wildman–Crippen LogP) is 2.87. The Morgan fingerprint density at radius 1 is 1.25 bits per heavy atom. The summed E-state index contributed by atoms with van der Waals surface area (Å²) in [5, 5.41) is 0. The first-order valence-electron chi connectivity index (χ1n) is 7.00. The van der Waals surface area contributed by atoms with Gasteiger partial charge in [0, 0.05) is 0 Å². The molecule has 1 saturated heterocycles. The van der Waals surface area contributed by atoms with Crippen LogP contribution in [-0.2, 0) is 0 Å². The molecule has 0 aromatic heterocycles. The summed E-state index contributed by atoms with van der Waals surface area (Å²) in [5.41, 5.74) is 6.09. The Hall–Kier alpha value is -0.0800. The van der Waals surface area contributed by atoms with Gasteiger partial charge in [-0.25, -0.2) is 0 Å². The van der Waals surface area contributed by atoms with E-state index in [-0.39, 0.29) is 0 Å². The molecule has 0 aliphatic carbocycles. The second-order valence-electron chi connectivity index (χ2n) is 6.17. The molecule has 16 heavy (non-hydrogen) atoms. The van der Waals surface area contributed by atoms with E-state index in [4.69, 9.17) is 5.73 Å². The van der Waals surface area contributed by atoms with E-state index in [1.54, 1.807) is 0 Å². The topological polar surface area (TPSA) is 29.3 Å². The van der Waals surface area contributed by atoms with Crippen molar-refractivity contribution in [3.05, 3.63) is 0 Å².